The number of hydrogen-bond donors (Lipinski definition) is 13. The zero-order chi connectivity index (χ0) is 82.6. The third kappa shape index (κ3) is 19.7. The number of phenolic OH excluding ortho intramolecular Hbond substituents is 3. The molecule has 0 amide bonds. The van der Waals surface area contributed by atoms with E-state index in [0.29, 0.717) is 36.4 Å². The Kier molecular flexibility index (Phi) is 23.3. The van der Waals surface area contributed by atoms with E-state index in [9.17, 15) is 142 Å². The smallest absolute Gasteiger partial charge is 0.298 e. The first-order chi connectivity index (χ1) is 51.0. The van der Waals surface area contributed by atoms with Crippen molar-refractivity contribution in [1.82, 2.24) is 0 Å². The lowest BCUT2D eigenvalue weighted by Crippen LogP contribution is -2.08. The number of aromatic hydroxyl groups is 3. The summed E-state index contributed by atoms with van der Waals surface area (Å²) in [5, 5.41) is 80.0. The van der Waals surface area contributed by atoms with Gasteiger partial charge in [-0.15, -0.1) is 40.9 Å². The molecule has 46 nitrogen and oxygen atoms in total. The van der Waals surface area contributed by atoms with Gasteiger partial charge in [0.15, 0.2) is 17.2 Å². The van der Waals surface area contributed by atoms with Crippen molar-refractivity contribution >= 4 is 192 Å². The lowest BCUT2D eigenvalue weighted by Gasteiger charge is -2.15. The number of nitrogen functional groups attached to an aromatic ring is 1. The number of rotatable bonds is 28. The maximum atomic E-state index is 13.4. The summed E-state index contributed by atoms with van der Waals surface area (Å²) in [4.78, 5) is 1.85. The van der Waals surface area contributed by atoms with Crippen molar-refractivity contribution in [1.29, 1.82) is 0 Å². The second-order valence-corrected chi connectivity index (χ2v) is 35.7. The molecule has 14 N–H and O–H groups in total. The van der Waals surface area contributed by atoms with Crippen LogP contribution in [-0.2, 0) is 91.1 Å². The molecule has 0 heterocycles. The average molecular weight is 1720 g/mol. The van der Waals surface area contributed by atoms with E-state index in [1.807, 2.05) is 0 Å². The number of phenols is 3. The number of nitro groups is 1. The Bertz CT molecular complexity index is 6780. The monoisotopic (exact) mass is 1720 g/mol. The molecule has 590 valence electrons. The Morgan fingerprint density at radius 2 is 0.811 bits per heavy atom. The topological polar surface area (TPSA) is 761 Å². The van der Waals surface area contributed by atoms with E-state index >= 15 is 0 Å². The normalized spacial score (nSPS) is 13.4. The predicted molar refractivity (Wildman–Crippen MR) is 379 cm³/mol. The molecule has 0 fully saturated rings. The van der Waals surface area contributed by atoms with Crippen LogP contribution in [0, 0.1) is 24.0 Å². The summed E-state index contributed by atoms with van der Waals surface area (Å²) in [5.74, 6) is -6.23. The van der Waals surface area contributed by atoms with Crippen molar-refractivity contribution in [3.63, 3.8) is 0 Å². The Labute approximate surface area is 623 Å². The molecule has 0 saturated heterocycles. The van der Waals surface area contributed by atoms with Gasteiger partial charge in [-0.25, -0.2) is 0 Å². The van der Waals surface area contributed by atoms with Crippen LogP contribution in [0.3, 0.4) is 0 Å². The van der Waals surface area contributed by atoms with Gasteiger partial charge in [-0.05, 0) is 116 Å². The molecule has 111 heavy (non-hydrogen) atoms. The number of nitro benzene ring substituents is 1. The van der Waals surface area contributed by atoms with Gasteiger partial charge in [0.25, 0.3) is 96.8 Å². The molecule has 55 heteroatoms. The first-order valence-corrected chi connectivity index (χ1v) is 42.7. The molecule has 0 radical (unpaired) electrons. The van der Waals surface area contributed by atoms with E-state index in [2.05, 4.69) is 51.1 Å². The van der Waals surface area contributed by atoms with Crippen LogP contribution in [0.4, 0.5) is 68.2 Å². The SMILES string of the molecule is Cc1cc(N=Nc2c(S(=O)(=O)O)cc3c(S(=O)(=O)O)c(N=Nc4cc(S(=O)(=O)O)c5cc(S(=O)(=O)O)c(N=Nc6ccc(S(=O)(=O)O)cc6[N+](=O)[O-])c(O)c5c4N)ccc3c2O)c(OCCCS(=O)(=O)O)cc1N=Nc1cc(C)c(N=Nc2cc(S(=O)(=O)O)cc3cc(S(=O)(=O)O)cc(O)c23)cc1OCCCS(=O)(=O)O. The van der Waals surface area contributed by atoms with Crippen LogP contribution in [0.5, 0.6) is 28.7 Å². The average Bonchev–Trinajstić information content (AvgIpc) is 0.743. The lowest BCUT2D eigenvalue weighted by molar-refractivity contribution is -0.384. The summed E-state index contributed by atoms with van der Waals surface area (Å²) in [6, 6.07) is 11.1. The van der Waals surface area contributed by atoms with Crippen molar-refractivity contribution in [2.75, 3.05) is 30.5 Å². The summed E-state index contributed by atoms with van der Waals surface area (Å²) in [5.41, 5.74) is -2.86. The number of hydrogen-bond acceptors (Lipinski definition) is 36. The number of azo groups is 5. The maximum absolute atomic E-state index is 13.4. The van der Waals surface area contributed by atoms with Gasteiger partial charge >= 0.3 is 0 Å². The summed E-state index contributed by atoms with van der Waals surface area (Å²) >= 11 is 0. The van der Waals surface area contributed by atoms with Gasteiger partial charge < -0.3 is 30.5 Å². The molecule has 0 aliphatic rings. The molecule has 0 aromatic heterocycles. The zero-order valence-electron chi connectivity index (χ0n) is 55.0. The number of ether oxygens (including phenoxy) is 2. The van der Waals surface area contributed by atoms with E-state index < -0.39 is 257 Å². The third-order valence-electron chi connectivity index (χ3n) is 15.0. The van der Waals surface area contributed by atoms with Crippen LogP contribution in [0.1, 0.15) is 24.0 Å². The van der Waals surface area contributed by atoms with Crippen LogP contribution in [-0.4, -0.2) is 162 Å². The molecule has 0 saturated carbocycles. The molecule has 0 unspecified atom stereocenters. The highest BCUT2D eigenvalue weighted by Crippen LogP contribution is 2.51. The van der Waals surface area contributed by atoms with Gasteiger partial charge in [0.1, 0.15) is 75.9 Å². The van der Waals surface area contributed by atoms with Crippen LogP contribution in [0.15, 0.2) is 182 Å². The second-order valence-electron chi connectivity index (χ2n) is 22.8. The van der Waals surface area contributed by atoms with Gasteiger partial charge in [0, 0.05) is 40.4 Å². The Morgan fingerprint density at radius 1 is 0.387 bits per heavy atom. The van der Waals surface area contributed by atoms with Crippen molar-refractivity contribution in [3.05, 3.63) is 118 Å². The van der Waals surface area contributed by atoms with E-state index in [1.54, 1.807) is 0 Å². The quantitative estimate of drug-likeness (QED) is 0.00541. The van der Waals surface area contributed by atoms with Crippen LogP contribution in [0.2, 0.25) is 0 Å². The van der Waals surface area contributed by atoms with Crippen LogP contribution in [0.25, 0.3) is 32.3 Å². The first-order valence-electron chi connectivity index (χ1n) is 29.4. The van der Waals surface area contributed by atoms with Gasteiger partial charge in [-0.3, -0.25) is 51.1 Å². The Morgan fingerprint density at radius 3 is 1.28 bits per heavy atom. The largest absolute Gasteiger partial charge is 0.507 e. The highest BCUT2D eigenvalue weighted by molar-refractivity contribution is 7.88. The van der Waals surface area contributed by atoms with E-state index in [4.69, 9.17) is 15.2 Å². The molecule has 9 rings (SSSR count). The molecular formula is C56H48N12O34S9. The van der Waals surface area contributed by atoms with Gasteiger partial charge in [0.05, 0.1) is 73.0 Å². The third-order valence-corrected chi connectivity index (χ3v) is 22.7. The van der Waals surface area contributed by atoms with Crippen LogP contribution >= 0.6 is 0 Å². The highest BCUT2D eigenvalue weighted by atomic mass is 32.3. The summed E-state index contributed by atoms with van der Waals surface area (Å²) in [6.45, 7) is 1.70. The van der Waals surface area contributed by atoms with Gasteiger partial charge in [-0.1, -0.05) is 0 Å². The molecule has 0 atom stereocenters. The Hall–Kier alpha value is -10.9. The minimum Gasteiger partial charge on any atom is -0.507 e. The minimum atomic E-state index is -5.84. The number of fused-ring (bicyclic) bond motifs is 3. The number of anilines is 1. The summed E-state index contributed by atoms with van der Waals surface area (Å²) < 4.78 is 324. The van der Waals surface area contributed by atoms with Crippen molar-refractivity contribution in [2.45, 2.75) is 61.0 Å². The van der Waals surface area contributed by atoms with E-state index in [-0.39, 0.29) is 63.3 Å². The highest BCUT2D eigenvalue weighted by Gasteiger charge is 2.32. The van der Waals surface area contributed by atoms with E-state index in [1.165, 1.54) is 19.9 Å². The lowest BCUT2D eigenvalue weighted by atomic mass is 10.0. The van der Waals surface area contributed by atoms with Crippen molar-refractivity contribution < 1.29 is 146 Å². The first kappa shape index (κ1) is 84.2. The number of nitrogens with two attached hydrogens (primary N) is 1. The molecule has 0 spiro atoms. The maximum Gasteiger partial charge on any atom is 0.298 e. The van der Waals surface area contributed by atoms with Crippen LogP contribution < -0.4 is 15.2 Å². The number of benzene rings is 9. The van der Waals surface area contributed by atoms with E-state index in [0.717, 1.165) is 42.5 Å². The number of nitrogens with zero attached hydrogens (tertiary/aromatic N) is 11. The fourth-order valence-corrected chi connectivity index (χ4v) is 15.5. The Balaban J connectivity index is 1.14. The minimum absolute atomic E-state index is 0.0510. The molecule has 9 aromatic rings. The fraction of sp³-hybridized carbons (Fsp3) is 0.143. The standard InChI is InChI=1S/C56H48N12O34S9/c1-25-13-38(44(101-9-3-11-103(74,75)76)23-37(25)61-64-40-17-29(106(83,84)85)15-27-16-30(107(86,87)88)19-43(69)49(27)40)62-60-36-22-45(102-10-4-12-104(77,78)79)39(14-26(36)2)63-66-52-47(109(92,93)94)20-32-31(54(52)70)6-8-35(56(32)111(98,99)100)59-65-41-24-46(108(89,90)91)33-21-48(110(95,96)97)53(55(71)50(33)51(41)57)67-58-34-7-5-28(105(80,81)82)18-42(34)68(72)73/h5-8,13-24,69-71H,3-4,9-12,57H2,1-2H3,(H,74,75,76)(H,77,78,79)(H,80,81,82)(H,83,84,85)(H,86,87,88)(H,89,90,91)(H,92,93,94)(H,95,96,97)(H,98,99,100). The summed E-state index contributed by atoms with van der Waals surface area (Å²) in [6.07, 6.45) is -0.801. The zero-order valence-corrected chi connectivity index (χ0v) is 62.3. The molecule has 0 bridgehead atoms. The fourth-order valence-electron chi connectivity index (χ4n) is 10.1. The van der Waals surface area contributed by atoms with Crippen molar-refractivity contribution in [2.24, 2.45) is 51.1 Å². The number of aryl methyl sites for hydroxylation is 2. The molecular weight excluding hydrogens is 1670 g/mol. The summed E-state index contributed by atoms with van der Waals surface area (Å²) in [7, 11) is -47.4. The van der Waals surface area contributed by atoms with Crippen molar-refractivity contribution in [3.8, 4) is 28.7 Å². The van der Waals surface area contributed by atoms with Gasteiger partial charge in [0.2, 0.25) is 0 Å². The second kappa shape index (κ2) is 30.8. The predicted octanol–water partition coefficient (Wildman–Crippen LogP) is 10.5. The molecule has 0 aliphatic carbocycles. The van der Waals surface area contributed by atoms with Gasteiger partial charge in [-0.2, -0.15) is 86.0 Å². The molecule has 9 aromatic carbocycles. The molecule has 0 aliphatic heterocycles.